The van der Waals surface area contributed by atoms with Gasteiger partial charge in [-0.15, -0.1) is 16.9 Å². The van der Waals surface area contributed by atoms with Crippen LogP contribution >= 0.6 is 11.8 Å². The number of pyridine rings is 1. The molecular weight excluding hydrogens is 508 g/mol. The highest BCUT2D eigenvalue weighted by molar-refractivity contribution is 7.98. The van der Waals surface area contributed by atoms with Crippen LogP contribution in [-0.4, -0.2) is 45.5 Å². The lowest BCUT2D eigenvalue weighted by atomic mass is 9.98. The number of carbonyl (C=O) groups excluding carboxylic acids is 1. The number of aromatic nitrogens is 1. The second kappa shape index (κ2) is 12.5. The molecule has 2 aromatic carbocycles. The van der Waals surface area contributed by atoms with Crippen molar-refractivity contribution in [3.05, 3.63) is 99.1 Å². The highest BCUT2D eigenvalue weighted by atomic mass is 32.2. The Morgan fingerprint density at radius 2 is 1.89 bits per heavy atom. The topological polar surface area (TPSA) is 140 Å². The molecule has 0 unspecified atom stereocenters. The molecule has 0 fully saturated rings. The summed E-state index contributed by atoms with van der Waals surface area (Å²) in [5, 5.41) is 23.1. The minimum absolute atomic E-state index is 0.0267. The van der Waals surface area contributed by atoms with Gasteiger partial charge >= 0.3 is 0 Å². The van der Waals surface area contributed by atoms with Crippen LogP contribution in [0.15, 0.2) is 81.7 Å². The van der Waals surface area contributed by atoms with Crippen LogP contribution in [0.3, 0.4) is 0 Å². The fourth-order valence-corrected chi connectivity index (χ4v) is 4.85. The zero-order chi connectivity index (χ0) is 27.1. The Kier molecular flexibility index (Phi) is 8.89. The van der Waals surface area contributed by atoms with E-state index in [0.29, 0.717) is 15.8 Å². The number of allylic oxidation sites excluding steroid dienone is 1. The molecular formula is C27H26N4O6S. The first kappa shape index (κ1) is 27.0. The number of nitrogens with two attached hydrogens (primary N) is 1. The number of nitrogens with zero attached hydrogens (tertiary/aromatic N) is 3. The van der Waals surface area contributed by atoms with E-state index in [9.17, 15) is 9.59 Å². The number of thioether (sulfide) groups is 1. The van der Waals surface area contributed by atoms with Gasteiger partial charge in [-0.1, -0.05) is 48.6 Å². The highest BCUT2D eigenvalue weighted by Crippen LogP contribution is 2.27. The van der Waals surface area contributed by atoms with Crippen molar-refractivity contribution in [2.75, 3.05) is 25.2 Å². The summed E-state index contributed by atoms with van der Waals surface area (Å²) in [6.07, 6.45) is 9.79. The van der Waals surface area contributed by atoms with Gasteiger partial charge in [0.05, 0.1) is 11.8 Å². The van der Waals surface area contributed by atoms with Gasteiger partial charge in [-0.25, -0.2) is 14.8 Å². The average molecular weight is 535 g/mol. The highest BCUT2D eigenvalue weighted by Gasteiger charge is 2.29. The fourth-order valence-electron chi connectivity index (χ4n) is 4.09. The van der Waals surface area contributed by atoms with Crippen molar-refractivity contribution < 1.29 is 25.1 Å². The van der Waals surface area contributed by atoms with Crippen LogP contribution in [-0.2, 0) is 16.3 Å². The molecule has 0 spiro atoms. The van der Waals surface area contributed by atoms with Gasteiger partial charge in [-0.05, 0) is 47.2 Å². The number of fused-ring (bicyclic) bond motifs is 1. The number of amides is 1. The molecule has 2 heterocycles. The third-order valence-corrected chi connectivity index (χ3v) is 6.61. The Labute approximate surface area is 222 Å². The van der Waals surface area contributed by atoms with Gasteiger partial charge < -0.3 is 5.73 Å². The Bertz CT molecular complexity index is 1570. The molecule has 0 bridgehead atoms. The lowest BCUT2D eigenvalue weighted by Gasteiger charge is -2.09. The molecule has 11 heteroatoms. The van der Waals surface area contributed by atoms with Crippen LogP contribution in [0.1, 0.15) is 15.9 Å². The maximum atomic E-state index is 13.5. The van der Waals surface area contributed by atoms with Crippen LogP contribution in [0.5, 0.6) is 0 Å². The number of hydrogen-bond acceptors (Lipinski definition) is 9. The second-order valence-electron chi connectivity index (χ2n) is 8.10. The van der Waals surface area contributed by atoms with E-state index in [0.717, 1.165) is 21.7 Å². The van der Waals surface area contributed by atoms with Crippen molar-refractivity contribution in [1.82, 2.24) is 9.58 Å². The number of hydrogen-bond donors (Lipinski definition) is 3. The van der Waals surface area contributed by atoms with Gasteiger partial charge in [0.25, 0.3) is 11.5 Å². The number of carbonyl (C=O) groups is 1. The molecule has 38 heavy (non-hydrogen) atoms. The summed E-state index contributed by atoms with van der Waals surface area (Å²) < 4.78 is 1.29. The van der Waals surface area contributed by atoms with E-state index in [1.807, 2.05) is 48.5 Å². The van der Waals surface area contributed by atoms with E-state index >= 15 is 0 Å². The van der Waals surface area contributed by atoms with E-state index < -0.39 is 11.5 Å². The monoisotopic (exact) mass is 534 g/mol. The molecule has 0 saturated heterocycles. The number of anilines is 1. The van der Waals surface area contributed by atoms with Crippen molar-refractivity contribution in [3.8, 4) is 11.1 Å². The molecule has 196 valence electrons. The maximum Gasteiger partial charge on any atom is 0.283 e. The minimum Gasteiger partial charge on any atom is -0.399 e. The van der Waals surface area contributed by atoms with Crippen molar-refractivity contribution in [1.29, 1.82) is 0 Å². The van der Waals surface area contributed by atoms with Gasteiger partial charge in [0.2, 0.25) is 0 Å². The molecule has 10 nitrogen and oxygen atoms in total. The maximum absolute atomic E-state index is 13.5. The Balaban J connectivity index is 1.84. The molecule has 0 radical (unpaired) electrons. The molecule has 4 rings (SSSR count). The van der Waals surface area contributed by atoms with Crippen LogP contribution in [0.4, 0.5) is 5.69 Å². The first-order chi connectivity index (χ1) is 18.5. The van der Waals surface area contributed by atoms with Crippen molar-refractivity contribution >= 4 is 35.5 Å². The quantitative estimate of drug-likeness (QED) is 0.156. The van der Waals surface area contributed by atoms with E-state index in [-0.39, 0.29) is 30.8 Å². The van der Waals surface area contributed by atoms with Crippen LogP contribution in [0.25, 0.3) is 23.3 Å². The molecule has 1 amide bonds. The van der Waals surface area contributed by atoms with Gasteiger partial charge in [-0.2, -0.15) is 0 Å². The lowest BCUT2D eigenvalue weighted by Crippen LogP contribution is -2.46. The standard InChI is InChI=1S/C27H26N4O6S/c1-38-24-21(10-5-9-19-11-12-20(28)17-22(19)18-7-3-2-4-8-18)26(32)30(14-16-37-35)25-23(24)27(33)31(29-25)13-6-15-36-34/h2-13,17,34-35H,14-16,28H2,1H3/b9-5+,13-6-,21-10+. The smallest absolute Gasteiger partial charge is 0.283 e. The van der Waals surface area contributed by atoms with Gasteiger partial charge in [0.1, 0.15) is 18.8 Å². The molecule has 0 aliphatic carbocycles. The normalized spacial score (nSPS) is 13.6. The third kappa shape index (κ3) is 5.62. The molecule has 4 N–H and O–H groups in total. The fraction of sp³-hybridized carbons (Fsp3) is 0.148. The second-order valence-corrected chi connectivity index (χ2v) is 8.92. The molecule has 3 aromatic rings. The summed E-state index contributed by atoms with van der Waals surface area (Å²) in [4.78, 5) is 35.4. The van der Waals surface area contributed by atoms with E-state index in [1.54, 1.807) is 24.5 Å². The first-order valence-corrected chi connectivity index (χ1v) is 12.8. The summed E-state index contributed by atoms with van der Waals surface area (Å²) in [6.45, 7) is -0.346. The average Bonchev–Trinajstić information content (AvgIpc) is 3.25. The summed E-state index contributed by atoms with van der Waals surface area (Å²) >= 11 is 1.26. The Hall–Kier alpha value is -4.00. The van der Waals surface area contributed by atoms with Crippen LogP contribution in [0.2, 0.25) is 0 Å². The zero-order valence-corrected chi connectivity index (χ0v) is 21.3. The molecule has 0 saturated carbocycles. The summed E-state index contributed by atoms with van der Waals surface area (Å²) in [5.41, 5.74) is 9.52. The van der Waals surface area contributed by atoms with Crippen molar-refractivity contribution in [2.45, 2.75) is 11.4 Å². The van der Waals surface area contributed by atoms with Crippen molar-refractivity contribution in [3.63, 3.8) is 0 Å². The summed E-state index contributed by atoms with van der Waals surface area (Å²) in [7, 11) is 0. The van der Waals surface area contributed by atoms with E-state index in [4.69, 9.17) is 16.2 Å². The first-order valence-electron chi connectivity index (χ1n) is 11.6. The summed E-state index contributed by atoms with van der Waals surface area (Å²) in [5.74, 6) is -0.444. The van der Waals surface area contributed by atoms with Crippen LogP contribution in [0, 0.1) is 0 Å². The van der Waals surface area contributed by atoms with Crippen LogP contribution < -0.4 is 22.0 Å². The Morgan fingerprint density at radius 3 is 2.61 bits per heavy atom. The lowest BCUT2D eigenvalue weighted by molar-refractivity contribution is -0.244. The molecule has 1 aliphatic rings. The van der Waals surface area contributed by atoms with Gasteiger partial charge in [0.15, 0.2) is 5.49 Å². The number of nitrogen functional groups attached to an aromatic ring is 1. The predicted molar refractivity (Wildman–Crippen MR) is 146 cm³/mol. The summed E-state index contributed by atoms with van der Waals surface area (Å²) in [6, 6.07) is 15.4. The minimum atomic E-state index is -0.444. The van der Waals surface area contributed by atoms with Crippen molar-refractivity contribution in [2.24, 2.45) is 5.10 Å². The SMILES string of the molecule is CSc1c2c(n(CCOO)c(=O)/c1=C/C=C/c1ccc(N)cc1-c1ccccc1)=NN(/C=C\COO)C2=O. The third-order valence-electron chi connectivity index (χ3n) is 5.78. The van der Waals surface area contributed by atoms with Gasteiger partial charge in [-0.3, -0.25) is 24.7 Å². The predicted octanol–water partition coefficient (Wildman–Crippen LogP) is 2.80. The van der Waals surface area contributed by atoms with E-state index in [2.05, 4.69) is 14.9 Å². The van der Waals surface area contributed by atoms with E-state index in [1.165, 1.54) is 28.6 Å². The Morgan fingerprint density at radius 1 is 1.11 bits per heavy atom. The molecule has 1 aliphatic heterocycles. The number of rotatable bonds is 10. The molecule has 1 aromatic heterocycles. The zero-order valence-electron chi connectivity index (χ0n) is 20.5. The number of benzene rings is 2. The van der Waals surface area contributed by atoms with Gasteiger partial charge in [0, 0.05) is 16.8 Å². The largest absolute Gasteiger partial charge is 0.399 e. The molecule has 0 atom stereocenters.